The van der Waals surface area contributed by atoms with Crippen LogP contribution in [-0.4, -0.2) is 43.7 Å². The van der Waals surface area contributed by atoms with E-state index in [0.29, 0.717) is 17.9 Å². The molecule has 3 N–H and O–H groups in total. The van der Waals surface area contributed by atoms with E-state index in [4.69, 9.17) is 9.47 Å². The van der Waals surface area contributed by atoms with Gasteiger partial charge in [0, 0.05) is 29.6 Å². The highest BCUT2D eigenvalue weighted by atomic mass is 16.5. The van der Waals surface area contributed by atoms with Gasteiger partial charge in [-0.3, -0.25) is 9.59 Å². The minimum atomic E-state index is -0.199. The van der Waals surface area contributed by atoms with Crippen molar-refractivity contribution in [2.24, 2.45) is 0 Å². The minimum Gasteiger partial charge on any atom is -0.491 e. The zero-order chi connectivity index (χ0) is 21.3. The fourth-order valence-corrected chi connectivity index (χ4v) is 3.11. The highest BCUT2D eigenvalue weighted by Gasteiger charge is 2.16. The molecule has 3 rings (SSSR count). The van der Waals surface area contributed by atoms with Crippen LogP contribution in [0.3, 0.4) is 0 Å². The van der Waals surface area contributed by atoms with E-state index in [1.807, 2.05) is 38.1 Å². The van der Waals surface area contributed by atoms with Crippen LogP contribution < -0.4 is 20.7 Å². The molecule has 2 aromatic rings. The van der Waals surface area contributed by atoms with Crippen LogP contribution in [0.4, 0.5) is 11.4 Å². The van der Waals surface area contributed by atoms with Gasteiger partial charge in [-0.2, -0.15) is 0 Å². The molecule has 0 spiro atoms. The molecule has 0 radical (unpaired) electrons. The van der Waals surface area contributed by atoms with Gasteiger partial charge in [0.05, 0.1) is 12.6 Å². The average molecular weight is 412 g/mol. The summed E-state index contributed by atoms with van der Waals surface area (Å²) in [5, 5.41) is 8.72. The quantitative estimate of drug-likeness (QED) is 0.588. The molecule has 2 amide bonds. The molecule has 160 valence electrons. The van der Waals surface area contributed by atoms with Crippen LogP contribution in [0.1, 0.15) is 37.0 Å². The molecule has 1 aliphatic heterocycles. The van der Waals surface area contributed by atoms with Crippen LogP contribution in [0, 0.1) is 0 Å². The molecule has 1 unspecified atom stereocenters. The molecule has 1 aliphatic rings. The lowest BCUT2D eigenvalue weighted by Crippen LogP contribution is -2.30. The zero-order valence-corrected chi connectivity index (χ0v) is 17.4. The van der Waals surface area contributed by atoms with Gasteiger partial charge >= 0.3 is 0 Å². The van der Waals surface area contributed by atoms with Crippen molar-refractivity contribution in [3.63, 3.8) is 0 Å². The van der Waals surface area contributed by atoms with Crippen LogP contribution >= 0.6 is 0 Å². The third-order valence-corrected chi connectivity index (χ3v) is 4.60. The van der Waals surface area contributed by atoms with E-state index in [9.17, 15) is 9.59 Å². The summed E-state index contributed by atoms with van der Waals surface area (Å²) in [4.78, 5) is 24.3. The smallest absolute Gasteiger partial charge is 0.251 e. The summed E-state index contributed by atoms with van der Waals surface area (Å²) in [6, 6.07) is 14.4. The van der Waals surface area contributed by atoms with E-state index in [1.165, 1.54) is 0 Å². The Morgan fingerprint density at radius 2 is 1.93 bits per heavy atom. The van der Waals surface area contributed by atoms with Gasteiger partial charge in [-0.25, -0.2) is 0 Å². The second kappa shape index (κ2) is 10.6. The summed E-state index contributed by atoms with van der Waals surface area (Å²) in [7, 11) is 0. The highest BCUT2D eigenvalue weighted by molar-refractivity contribution is 5.98. The third-order valence-electron chi connectivity index (χ3n) is 4.60. The summed E-state index contributed by atoms with van der Waals surface area (Å²) in [6.45, 7) is 5.28. The van der Waals surface area contributed by atoms with E-state index in [-0.39, 0.29) is 30.5 Å². The summed E-state index contributed by atoms with van der Waals surface area (Å²) in [5.41, 5.74) is 1.91. The Morgan fingerprint density at radius 1 is 1.13 bits per heavy atom. The van der Waals surface area contributed by atoms with Crippen molar-refractivity contribution in [3.05, 3.63) is 54.1 Å². The van der Waals surface area contributed by atoms with Gasteiger partial charge in [0.15, 0.2) is 0 Å². The molecule has 7 nitrogen and oxygen atoms in total. The van der Waals surface area contributed by atoms with Crippen molar-refractivity contribution in [1.82, 2.24) is 5.32 Å². The Balaban J connectivity index is 1.44. The van der Waals surface area contributed by atoms with Gasteiger partial charge in [-0.1, -0.05) is 6.07 Å². The lowest BCUT2D eigenvalue weighted by atomic mass is 10.1. The molecule has 1 fully saturated rings. The van der Waals surface area contributed by atoms with Crippen molar-refractivity contribution in [2.75, 3.05) is 30.4 Å². The Morgan fingerprint density at radius 3 is 2.63 bits per heavy atom. The highest BCUT2D eigenvalue weighted by Crippen LogP contribution is 2.18. The summed E-state index contributed by atoms with van der Waals surface area (Å²) >= 11 is 0. The number of amides is 2. The van der Waals surface area contributed by atoms with Crippen LogP contribution in [0.25, 0.3) is 0 Å². The minimum absolute atomic E-state index is 0.0489. The normalized spacial score (nSPS) is 15.6. The first-order chi connectivity index (χ1) is 14.5. The number of nitrogens with one attached hydrogen (secondary N) is 3. The van der Waals surface area contributed by atoms with Gasteiger partial charge in [0.25, 0.3) is 5.91 Å². The standard InChI is InChI=1S/C23H29N3O4/c1-16(2)25-23(28)17-5-3-6-19(13-17)26-22(27)14-24-18-8-10-20(11-9-18)30-15-21-7-4-12-29-21/h3,5-6,8-11,13,16,21,24H,4,7,12,14-15H2,1-2H3,(H,25,28)(H,26,27). The monoisotopic (exact) mass is 411 g/mol. The van der Waals surface area contributed by atoms with Gasteiger partial charge < -0.3 is 25.4 Å². The van der Waals surface area contributed by atoms with Crippen LogP contribution in [0.15, 0.2) is 48.5 Å². The molecule has 1 atom stereocenters. The number of anilines is 2. The fourth-order valence-electron chi connectivity index (χ4n) is 3.11. The Hall–Kier alpha value is -3.06. The summed E-state index contributed by atoms with van der Waals surface area (Å²) in [5.74, 6) is 0.410. The molecule has 0 bridgehead atoms. The number of carbonyl (C=O) groups excluding carboxylic acids is 2. The van der Waals surface area contributed by atoms with Gasteiger partial charge in [0.2, 0.25) is 5.91 Å². The van der Waals surface area contributed by atoms with Crippen molar-refractivity contribution in [3.8, 4) is 5.75 Å². The summed E-state index contributed by atoms with van der Waals surface area (Å²) in [6.07, 6.45) is 2.32. The number of hydrogen-bond acceptors (Lipinski definition) is 5. The lowest BCUT2D eigenvalue weighted by Gasteiger charge is -2.12. The molecule has 7 heteroatoms. The molecular formula is C23H29N3O4. The largest absolute Gasteiger partial charge is 0.491 e. The van der Waals surface area contributed by atoms with Crippen LogP contribution in [-0.2, 0) is 9.53 Å². The van der Waals surface area contributed by atoms with Gasteiger partial charge in [-0.05, 0) is 69.2 Å². The predicted octanol–water partition coefficient (Wildman–Crippen LogP) is 3.43. The van der Waals surface area contributed by atoms with Crippen LogP contribution in [0.2, 0.25) is 0 Å². The van der Waals surface area contributed by atoms with Gasteiger partial charge in [-0.15, -0.1) is 0 Å². The van der Waals surface area contributed by atoms with Crippen molar-refractivity contribution < 1.29 is 19.1 Å². The Bertz CT molecular complexity index is 846. The molecule has 30 heavy (non-hydrogen) atoms. The second-order valence-electron chi connectivity index (χ2n) is 7.58. The predicted molar refractivity (Wildman–Crippen MR) is 117 cm³/mol. The molecule has 0 saturated carbocycles. The fraction of sp³-hybridized carbons (Fsp3) is 0.391. The Kier molecular flexibility index (Phi) is 7.68. The number of carbonyl (C=O) groups is 2. The molecule has 1 heterocycles. The SMILES string of the molecule is CC(C)NC(=O)c1cccc(NC(=O)CNc2ccc(OCC3CCCO3)cc2)c1. The van der Waals surface area contributed by atoms with E-state index in [0.717, 1.165) is 30.9 Å². The average Bonchev–Trinajstić information content (AvgIpc) is 3.25. The van der Waals surface area contributed by atoms with Crippen molar-refractivity contribution >= 4 is 23.2 Å². The van der Waals surface area contributed by atoms with E-state index in [1.54, 1.807) is 24.3 Å². The molecule has 2 aromatic carbocycles. The number of rotatable bonds is 9. The van der Waals surface area contributed by atoms with Crippen LogP contribution in [0.5, 0.6) is 5.75 Å². The van der Waals surface area contributed by atoms with Crippen molar-refractivity contribution in [1.29, 1.82) is 0 Å². The maximum atomic E-state index is 12.2. The van der Waals surface area contributed by atoms with Crippen molar-refractivity contribution in [2.45, 2.75) is 38.8 Å². The maximum Gasteiger partial charge on any atom is 0.251 e. The number of hydrogen-bond donors (Lipinski definition) is 3. The molecule has 0 aliphatic carbocycles. The lowest BCUT2D eigenvalue weighted by molar-refractivity contribution is -0.114. The first-order valence-corrected chi connectivity index (χ1v) is 10.3. The van der Waals surface area contributed by atoms with Gasteiger partial charge in [0.1, 0.15) is 12.4 Å². The third kappa shape index (κ3) is 6.77. The number of ether oxygens (including phenoxy) is 2. The first kappa shape index (κ1) is 21.6. The van der Waals surface area contributed by atoms with E-state index in [2.05, 4.69) is 16.0 Å². The topological polar surface area (TPSA) is 88.7 Å². The Labute approximate surface area is 177 Å². The second-order valence-corrected chi connectivity index (χ2v) is 7.58. The summed E-state index contributed by atoms with van der Waals surface area (Å²) < 4.78 is 11.3. The zero-order valence-electron chi connectivity index (χ0n) is 17.4. The molecular weight excluding hydrogens is 382 g/mol. The maximum absolute atomic E-state index is 12.2. The molecule has 0 aromatic heterocycles. The van der Waals surface area contributed by atoms with E-state index >= 15 is 0 Å². The van der Waals surface area contributed by atoms with E-state index < -0.39 is 0 Å². The molecule has 1 saturated heterocycles. The first-order valence-electron chi connectivity index (χ1n) is 10.3. The number of benzene rings is 2.